The van der Waals surface area contributed by atoms with E-state index in [1.165, 1.54) is 0 Å². The van der Waals surface area contributed by atoms with Crippen molar-refractivity contribution in [3.63, 3.8) is 0 Å². The van der Waals surface area contributed by atoms with Crippen molar-refractivity contribution in [2.24, 2.45) is 5.92 Å². The number of rotatable bonds is 6. The van der Waals surface area contributed by atoms with E-state index in [0.29, 0.717) is 29.4 Å². The maximum Gasteiger partial charge on any atom is 0.338 e. The third kappa shape index (κ3) is 3.22. The van der Waals surface area contributed by atoms with Crippen LogP contribution in [-0.4, -0.2) is 44.3 Å². The van der Waals surface area contributed by atoms with Crippen LogP contribution in [0, 0.1) is 5.92 Å². The molecule has 4 rings (SSSR count). The lowest BCUT2D eigenvalue weighted by Gasteiger charge is -2.25. The molecule has 0 unspecified atom stereocenters. The molecule has 0 saturated carbocycles. The molecule has 0 aromatic heterocycles. The summed E-state index contributed by atoms with van der Waals surface area (Å²) in [6.45, 7) is 0.335. The summed E-state index contributed by atoms with van der Waals surface area (Å²) in [5.74, 6) is 1.51. The first-order chi connectivity index (χ1) is 13.5. The van der Waals surface area contributed by atoms with Gasteiger partial charge in [0.25, 0.3) is 0 Å². The lowest BCUT2D eigenvalue weighted by atomic mass is 9.81. The molecule has 2 aliphatic rings. The average molecular weight is 386 g/mol. The standard InChI is InChI=1S/C21H22O7/c1-24-16-5-3-13(8-18(16)25-2)7-15-11-26-20(22)21(15,23)10-14-4-6-17-19(9-14)28-12-27-17/h3-6,8-9,15,23H,7,10-12H2,1-2H3/t15-,21+/m1/s1. The second-order valence-corrected chi connectivity index (χ2v) is 6.98. The molecule has 2 heterocycles. The van der Waals surface area contributed by atoms with E-state index < -0.39 is 11.6 Å². The molecule has 0 spiro atoms. The predicted molar refractivity (Wildman–Crippen MR) is 98.9 cm³/mol. The molecule has 1 saturated heterocycles. The van der Waals surface area contributed by atoms with Crippen molar-refractivity contribution < 1.29 is 33.6 Å². The van der Waals surface area contributed by atoms with E-state index in [1.807, 2.05) is 24.3 Å². The fourth-order valence-corrected chi connectivity index (χ4v) is 3.70. The van der Waals surface area contributed by atoms with Gasteiger partial charge in [0.2, 0.25) is 6.79 Å². The molecule has 7 heteroatoms. The zero-order valence-corrected chi connectivity index (χ0v) is 15.8. The van der Waals surface area contributed by atoms with Crippen LogP contribution in [0.2, 0.25) is 0 Å². The van der Waals surface area contributed by atoms with Gasteiger partial charge in [-0.05, 0) is 41.8 Å². The van der Waals surface area contributed by atoms with Gasteiger partial charge < -0.3 is 28.8 Å². The summed E-state index contributed by atoms with van der Waals surface area (Å²) in [7, 11) is 3.14. The predicted octanol–water partition coefficient (Wildman–Crippen LogP) is 2.12. The number of methoxy groups -OCH3 is 2. The molecule has 7 nitrogen and oxygen atoms in total. The molecule has 2 aromatic carbocycles. The molecule has 2 aromatic rings. The summed E-state index contributed by atoms with van der Waals surface area (Å²) in [6, 6.07) is 10.9. The smallest absolute Gasteiger partial charge is 0.338 e. The van der Waals surface area contributed by atoms with Crippen LogP contribution in [0.3, 0.4) is 0 Å². The normalized spacial score (nSPS) is 22.8. The van der Waals surface area contributed by atoms with E-state index in [9.17, 15) is 9.90 Å². The van der Waals surface area contributed by atoms with Gasteiger partial charge in [-0.25, -0.2) is 4.79 Å². The lowest BCUT2D eigenvalue weighted by molar-refractivity contribution is -0.154. The Morgan fingerprint density at radius 1 is 1.00 bits per heavy atom. The summed E-state index contributed by atoms with van der Waals surface area (Å²) in [6.07, 6.45) is 0.605. The number of ether oxygens (including phenoxy) is 5. The summed E-state index contributed by atoms with van der Waals surface area (Å²) in [5.41, 5.74) is 0.0916. The number of fused-ring (bicyclic) bond motifs is 1. The number of cyclic esters (lactones) is 1. The first-order valence-electron chi connectivity index (χ1n) is 9.02. The summed E-state index contributed by atoms with van der Waals surface area (Å²) in [5, 5.41) is 11.2. The number of hydrogen-bond acceptors (Lipinski definition) is 7. The Labute approximate surface area is 162 Å². The van der Waals surface area contributed by atoms with Gasteiger partial charge in [-0.1, -0.05) is 12.1 Å². The van der Waals surface area contributed by atoms with Crippen molar-refractivity contribution in [3.05, 3.63) is 47.5 Å². The van der Waals surface area contributed by atoms with Crippen molar-refractivity contribution >= 4 is 5.97 Å². The second kappa shape index (κ2) is 7.24. The van der Waals surface area contributed by atoms with Gasteiger partial charge in [0.15, 0.2) is 28.6 Å². The highest BCUT2D eigenvalue weighted by atomic mass is 16.7. The molecule has 2 aliphatic heterocycles. The van der Waals surface area contributed by atoms with E-state index in [2.05, 4.69) is 0 Å². The van der Waals surface area contributed by atoms with Crippen LogP contribution in [0.15, 0.2) is 36.4 Å². The van der Waals surface area contributed by atoms with Gasteiger partial charge in [0.1, 0.15) is 0 Å². The number of esters is 1. The maximum absolute atomic E-state index is 12.4. The third-order valence-electron chi connectivity index (χ3n) is 5.29. The Bertz CT molecular complexity index is 894. The van der Waals surface area contributed by atoms with Gasteiger partial charge in [-0.3, -0.25) is 0 Å². The van der Waals surface area contributed by atoms with Crippen molar-refractivity contribution in [1.82, 2.24) is 0 Å². The molecule has 0 amide bonds. The van der Waals surface area contributed by atoms with E-state index in [0.717, 1.165) is 11.1 Å². The summed E-state index contributed by atoms with van der Waals surface area (Å²) >= 11 is 0. The number of aliphatic hydroxyl groups is 1. The zero-order chi connectivity index (χ0) is 19.7. The highest BCUT2D eigenvalue weighted by Crippen LogP contribution is 2.38. The van der Waals surface area contributed by atoms with Crippen LogP contribution in [0.1, 0.15) is 11.1 Å². The summed E-state index contributed by atoms with van der Waals surface area (Å²) in [4.78, 5) is 12.4. The van der Waals surface area contributed by atoms with Crippen molar-refractivity contribution in [2.75, 3.05) is 27.6 Å². The molecule has 0 bridgehead atoms. The molecule has 148 valence electrons. The summed E-state index contributed by atoms with van der Waals surface area (Å²) < 4.78 is 26.5. The van der Waals surface area contributed by atoms with Crippen molar-refractivity contribution in [1.29, 1.82) is 0 Å². The Morgan fingerprint density at radius 2 is 1.75 bits per heavy atom. The largest absolute Gasteiger partial charge is 0.493 e. The first kappa shape index (κ1) is 18.4. The quantitative estimate of drug-likeness (QED) is 0.762. The van der Waals surface area contributed by atoms with E-state index >= 15 is 0 Å². The Hall–Kier alpha value is -2.93. The van der Waals surface area contributed by atoms with Crippen LogP contribution < -0.4 is 18.9 Å². The van der Waals surface area contributed by atoms with Crippen LogP contribution >= 0.6 is 0 Å². The zero-order valence-electron chi connectivity index (χ0n) is 15.8. The Kier molecular flexibility index (Phi) is 4.77. The molecule has 1 N–H and O–H groups in total. The Balaban J connectivity index is 1.56. The van der Waals surface area contributed by atoms with Crippen LogP contribution in [-0.2, 0) is 22.4 Å². The minimum absolute atomic E-state index is 0.139. The number of carbonyl (C=O) groups is 1. The van der Waals surface area contributed by atoms with Crippen LogP contribution in [0.25, 0.3) is 0 Å². The maximum atomic E-state index is 12.4. The number of benzene rings is 2. The molecule has 1 fully saturated rings. The van der Waals surface area contributed by atoms with Crippen molar-refractivity contribution in [2.45, 2.75) is 18.4 Å². The highest BCUT2D eigenvalue weighted by molar-refractivity contribution is 5.82. The molecule has 0 aliphatic carbocycles. The molecule has 28 heavy (non-hydrogen) atoms. The number of carbonyl (C=O) groups excluding carboxylic acids is 1. The van der Waals surface area contributed by atoms with E-state index in [4.69, 9.17) is 23.7 Å². The SMILES string of the molecule is COc1ccc(C[C@@H]2COC(=O)[C@]2(O)Cc2ccc3c(c2)OCO3)cc1OC. The Morgan fingerprint density at radius 3 is 2.54 bits per heavy atom. The topological polar surface area (TPSA) is 83.5 Å². The van der Waals surface area contributed by atoms with Gasteiger partial charge >= 0.3 is 5.97 Å². The average Bonchev–Trinajstić information content (AvgIpc) is 3.27. The lowest BCUT2D eigenvalue weighted by Crippen LogP contribution is -2.44. The van der Waals surface area contributed by atoms with Gasteiger partial charge in [-0.2, -0.15) is 0 Å². The van der Waals surface area contributed by atoms with E-state index in [1.54, 1.807) is 26.4 Å². The molecule has 0 radical (unpaired) electrons. The minimum atomic E-state index is -1.61. The van der Waals surface area contributed by atoms with Crippen molar-refractivity contribution in [3.8, 4) is 23.0 Å². The fraction of sp³-hybridized carbons (Fsp3) is 0.381. The fourth-order valence-electron chi connectivity index (χ4n) is 3.70. The molecular formula is C21H22O7. The molecule has 2 atom stereocenters. The second-order valence-electron chi connectivity index (χ2n) is 6.98. The van der Waals surface area contributed by atoms with Gasteiger partial charge in [0.05, 0.1) is 20.8 Å². The molecular weight excluding hydrogens is 364 g/mol. The highest BCUT2D eigenvalue weighted by Gasteiger charge is 2.51. The van der Waals surface area contributed by atoms with Gasteiger partial charge in [0, 0.05) is 12.3 Å². The van der Waals surface area contributed by atoms with Crippen LogP contribution in [0.5, 0.6) is 23.0 Å². The minimum Gasteiger partial charge on any atom is -0.493 e. The van der Waals surface area contributed by atoms with Gasteiger partial charge in [-0.15, -0.1) is 0 Å². The monoisotopic (exact) mass is 386 g/mol. The van der Waals surface area contributed by atoms with Crippen LogP contribution in [0.4, 0.5) is 0 Å². The first-order valence-corrected chi connectivity index (χ1v) is 9.02. The van der Waals surface area contributed by atoms with E-state index in [-0.39, 0.29) is 25.7 Å². The number of hydrogen-bond donors (Lipinski definition) is 1. The third-order valence-corrected chi connectivity index (χ3v) is 5.29.